The van der Waals surface area contributed by atoms with Gasteiger partial charge in [0.15, 0.2) is 0 Å². The van der Waals surface area contributed by atoms with Crippen LogP contribution in [0.5, 0.6) is 0 Å². The molecule has 2 rings (SSSR count). The van der Waals surface area contributed by atoms with Crippen molar-refractivity contribution in [1.82, 2.24) is 15.2 Å². The number of Topliss-reactive ketones (excluding diaryl/α,β-unsaturated/α-hetero) is 1. The number of piperidine rings is 1. The first-order chi connectivity index (χ1) is 12.9. The summed E-state index contributed by atoms with van der Waals surface area (Å²) in [6, 6.07) is 3.59. The molecule has 1 fully saturated rings. The van der Waals surface area contributed by atoms with Crippen molar-refractivity contribution in [3.05, 3.63) is 35.7 Å². The van der Waals surface area contributed by atoms with Crippen LogP contribution in [-0.2, 0) is 9.59 Å². The first kappa shape index (κ1) is 23.0. The number of carbonyl (C=O) groups excluding carboxylic acids is 2. The third kappa shape index (κ3) is 8.48. The number of hydrogen-bond acceptors (Lipinski definition) is 4. The molecule has 1 aliphatic rings. The minimum absolute atomic E-state index is 0.408. The number of carbonyl (C=O) groups is 2. The third-order valence-corrected chi connectivity index (χ3v) is 4.20. The summed E-state index contributed by atoms with van der Waals surface area (Å²) >= 11 is 0. The van der Waals surface area contributed by atoms with Gasteiger partial charge in [-0.3, -0.25) is 14.6 Å². The number of allylic oxidation sites excluding steroid dienone is 1. The Morgan fingerprint density at radius 1 is 1.22 bits per heavy atom. The zero-order chi connectivity index (χ0) is 20.2. The van der Waals surface area contributed by atoms with E-state index in [0.717, 1.165) is 31.2 Å². The van der Waals surface area contributed by atoms with Crippen molar-refractivity contribution in [3.8, 4) is 0 Å². The Morgan fingerprint density at radius 2 is 1.85 bits per heavy atom. The van der Waals surface area contributed by atoms with Gasteiger partial charge in [0.1, 0.15) is 0 Å². The van der Waals surface area contributed by atoms with Crippen molar-refractivity contribution in [2.24, 2.45) is 5.92 Å². The summed E-state index contributed by atoms with van der Waals surface area (Å²) in [7, 11) is 0. The normalized spacial score (nSPS) is 15.1. The van der Waals surface area contributed by atoms with Gasteiger partial charge in [-0.05, 0) is 51.8 Å². The molecule has 5 nitrogen and oxygen atoms in total. The summed E-state index contributed by atoms with van der Waals surface area (Å²) in [6.45, 7) is 13.6. The van der Waals surface area contributed by atoms with E-state index >= 15 is 0 Å². The zero-order valence-corrected chi connectivity index (χ0v) is 17.5. The standard InChI is InChI=1S/C18H25N3O2.C4H10/c1-3-15(16-8-7-9-19-14(16)2)17(22)18(23)20-10-13-21-11-5-4-6-12-21;1-4(2)3/h3,7-9H,4-6,10-13H2,1-2H3,(H,20,23);4H,1-3H3/b15-3+;. The maximum atomic E-state index is 12.4. The fraction of sp³-hybridized carbons (Fsp3) is 0.591. The van der Waals surface area contributed by atoms with Gasteiger partial charge in [-0.15, -0.1) is 0 Å². The number of likely N-dealkylation sites (tertiary alicyclic amines) is 1. The lowest BCUT2D eigenvalue weighted by molar-refractivity contribution is -0.134. The topological polar surface area (TPSA) is 62.3 Å². The number of nitrogens with one attached hydrogen (secondary N) is 1. The lowest BCUT2D eigenvalue weighted by atomic mass is 10.00. The Morgan fingerprint density at radius 3 is 2.41 bits per heavy atom. The van der Waals surface area contributed by atoms with Gasteiger partial charge in [0.2, 0.25) is 5.78 Å². The average Bonchev–Trinajstić information content (AvgIpc) is 2.64. The quantitative estimate of drug-likeness (QED) is 0.611. The summed E-state index contributed by atoms with van der Waals surface area (Å²) in [4.78, 5) is 31.0. The van der Waals surface area contributed by atoms with Gasteiger partial charge in [-0.1, -0.05) is 39.3 Å². The SMILES string of the molecule is C/C=C(/C(=O)C(=O)NCCN1CCCCC1)c1cccnc1C.CC(C)C. The van der Waals surface area contributed by atoms with Crippen LogP contribution in [0.15, 0.2) is 24.4 Å². The monoisotopic (exact) mass is 373 g/mol. The fourth-order valence-electron chi connectivity index (χ4n) is 2.89. The molecule has 0 aromatic carbocycles. The van der Waals surface area contributed by atoms with Crippen LogP contribution in [0.1, 0.15) is 58.2 Å². The van der Waals surface area contributed by atoms with Crippen molar-refractivity contribution < 1.29 is 9.59 Å². The minimum atomic E-state index is -0.543. The first-order valence-corrected chi connectivity index (χ1v) is 10.00. The summed E-state index contributed by atoms with van der Waals surface area (Å²) in [5, 5.41) is 2.74. The van der Waals surface area contributed by atoms with Gasteiger partial charge >= 0.3 is 0 Å². The van der Waals surface area contributed by atoms with E-state index in [1.54, 1.807) is 25.3 Å². The first-order valence-electron chi connectivity index (χ1n) is 10.00. The minimum Gasteiger partial charge on any atom is -0.348 e. The van der Waals surface area contributed by atoms with E-state index in [2.05, 4.69) is 36.0 Å². The molecular weight excluding hydrogens is 338 g/mol. The van der Waals surface area contributed by atoms with E-state index < -0.39 is 11.7 Å². The van der Waals surface area contributed by atoms with E-state index in [1.165, 1.54) is 19.3 Å². The van der Waals surface area contributed by atoms with Crippen molar-refractivity contribution in [3.63, 3.8) is 0 Å². The highest BCUT2D eigenvalue weighted by molar-refractivity contribution is 6.53. The molecule has 0 radical (unpaired) electrons. The van der Waals surface area contributed by atoms with Gasteiger partial charge in [-0.25, -0.2) is 0 Å². The Balaban J connectivity index is 0.000000828. The zero-order valence-electron chi connectivity index (χ0n) is 17.5. The van der Waals surface area contributed by atoms with E-state index in [0.29, 0.717) is 17.7 Å². The van der Waals surface area contributed by atoms with Crippen LogP contribution in [0.4, 0.5) is 0 Å². The van der Waals surface area contributed by atoms with E-state index in [1.807, 2.05) is 13.0 Å². The summed E-state index contributed by atoms with van der Waals surface area (Å²) in [5.74, 6) is -0.208. The van der Waals surface area contributed by atoms with Crippen LogP contribution in [-0.4, -0.2) is 47.8 Å². The predicted octanol–water partition coefficient (Wildman–Crippen LogP) is 3.63. The second-order valence-electron chi connectivity index (χ2n) is 7.56. The van der Waals surface area contributed by atoms with Crippen LogP contribution in [0, 0.1) is 12.8 Å². The molecule has 27 heavy (non-hydrogen) atoms. The highest BCUT2D eigenvalue weighted by Gasteiger charge is 2.21. The lowest BCUT2D eigenvalue weighted by Crippen LogP contribution is -2.40. The Hall–Kier alpha value is -2.01. The highest BCUT2D eigenvalue weighted by atomic mass is 16.2. The molecule has 1 amide bonds. The van der Waals surface area contributed by atoms with Crippen molar-refractivity contribution in [2.75, 3.05) is 26.2 Å². The molecule has 1 N–H and O–H groups in total. The van der Waals surface area contributed by atoms with Crippen LogP contribution in [0.2, 0.25) is 0 Å². The molecule has 0 bridgehead atoms. The van der Waals surface area contributed by atoms with E-state index in [-0.39, 0.29) is 0 Å². The van der Waals surface area contributed by atoms with Crippen molar-refractivity contribution >= 4 is 17.3 Å². The Labute approximate surface area is 164 Å². The van der Waals surface area contributed by atoms with Crippen LogP contribution in [0.3, 0.4) is 0 Å². The molecule has 0 spiro atoms. The number of aromatic nitrogens is 1. The summed E-state index contributed by atoms with van der Waals surface area (Å²) < 4.78 is 0. The number of hydrogen-bond donors (Lipinski definition) is 1. The average molecular weight is 374 g/mol. The number of pyridine rings is 1. The number of rotatable bonds is 6. The molecule has 1 aromatic heterocycles. The number of nitrogens with zero attached hydrogens (tertiary/aromatic N) is 2. The summed E-state index contributed by atoms with van der Waals surface area (Å²) in [6.07, 6.45) is 7.08. The molecule has 1 aromatic rings. The van der Waals surface area contributed by atoms with Crippen LogP contribution in [0.25, 0.3) is 5.57 Å². The van der Waals surface area contributed by atoms with Gasteiger partial charge in [0.05, 0.1) is 0 Å². The maximum Gasteiger partial charge on any atom is 0.292 e. The summed E-state index contributed by atoms with van der Waals surface area (Å²) in [5.41, 5.74) is 1.87. The lowest BCUT2D eigenvalue weighted by Gasteiger charge is -2.26. The largest absolute Gasteiger partial charge is 0.348 e. The van der Waals surface area contributed by atoms with E-state index in [4.69, 9.17) is 0 Å². The molecule has 0 atom stereocenters. The van der Waals surface area contributed by atoms with Gasteiger partial charge < -0.3 is 10.2 Å². The van der Waals surface area contributed by atoms with Gasteiger partial charge in [0, 0.05) is 36.1 Å². The maximum absolute atomic E-state index is 12.4. The predicted molar refractivity (Wildman–Crippen MR) is 111 cm³/mol. The molecule has 150 valence electrons. The Kier molecular flexibility index (Phi) is 10.6. The molecule has 5 heteroatoms. The third-order valence-electron chi connectivity index (χ3n) is 4.20. The smallest absolute Gasteiger partial charge is 0.292 e. The molecule has 0 aliphatic carbocycles. The van der Waals surface area contributed by atoms with Gasteiger partial charge in [-0.2, -0.15) is 0 Å². The fourth-order valence-corrected chi connectivity index (χ4v) is 2.89. The number of aryl methyl sites for hydroxylation is 1. The van der Waals surface area contributed by atoms with Crippen LogP contribution >= 0.6 is 0 Å². The second-order valence-corrected chi connectivity index (χ2v) is 7.56. The number of ketones is 1. The highest BCUT2D eigenvalue weighted by Crippen LogP contribution is 2.18. The molecule has 0 unspecified atom stereocenters. The van der Waals surface area contributed by atoms with Crippen LogP contribution < -0.4 is 5.32 Å². The second kappa shape index (κ2) is 12.4. The molecule has 2 heterocycles. The number of amides is 1. The molecule has 1 saturated heterocycles. The molecule has 0 saturated carbocycles. The Bertz CT molecular complexity index is 629. The molecule has 1 aliphatic heterocycles. The van der Waals surface area contributed by atoms with Gasteiger partial charge in [0.25, 0.3) is 5.91 Å². The van der Waals surface area contributed by atoms with E-state index in [9.17, 15) is 9.59 Å². The van der Waals surface area contributed by atoms with Crippen molar-refractivity contribution in [2.45, 2.75) is 53.9 Å². The molecular formula is C22H35N3O2. The van der Waals surface area contributed by atoms with Crippen molar-refractivity contribution in [1.29, 1.82) is 0 Å².